The molecule has 0 aliphatic carbocycles. The third-order valence-corrected chi connectivity index (χ3v) is 4.49. The van der Waals surface area contributed by atoms with Gasteiger partial charge in [0, 0.05) is 23.0 Å². The summed E-state index contributed by atoms with van der Waals surface area (Å²) in [5.41, 5.74) is 0.917. The molecule has 0 aliphatic heterocycles. The standard InChI is InChI=1S/C15H16Cl2N2OS/c1-19(9-12-6-7-14(17)21-12)10-15(20)18-8-11-4-2-3-5-13(11)16/h2-7H,8-10H2,1H3,(H,18,20). The number of carbonyl (C=O) groups excluding carboxylic acids is 1. The highest BCUT2D eigenvalue weighted by molar-refractivity contribution is 7.16. The van der Waals surface area contributed by atoms with Gasteiger partial charge >= 0.3 is 0 Å². The summed E-state index contributed by atoms with van der Waals surface area (Å²) in [4.78, 5) is 15.0. The van der Waals surface area contributed by atoms with Crippen molar-refractivity contribution in [1.82, 2.24) is 10.2 Å². The van der Waals surface area contributed by atoms with E-state index in [0.29, 0.717) is 24.7 Å². The number of nitrogens with zero attached hydrogens (tertiary/aromatic N) is 1. The third kappa shape index (κ3) is 5.32. The zero-order valence-electron chi connectivity index (χ0n) is 11.6. The number of amides is 1. The van der Waals surface area contributed by atoms with Crippen LogP contribution in [0.5, 0.6) is 0 Å². The van der Waals surface area contributed by atoms with Gasteiger partial charge in [0.15, 0.2) is 0 Å². The maximum Gasteiger partial charge on any atom is 0.234 e. The molecule has 6 heteroatoms. The predicted molar refractivity (Wildman–Crippen MR) is 89.0 cm³/mol. The van der Waals surface area contributed by atoms with Crippen molar-refractivity contribution in [3.8, 4) is 0 Å². The molecule has 0 unspecified atom stereocenters. The molecule has 1 aromatic carbocycles. The Morgan fingerprint density at radius 3 is 2.67 bits per heavy atom. The monoisotopic (exact) mass is 342 g/mol. The molecule has 1 amide bonds. The molecule has 1 heterocycles. The zero-order valence-corrected chi connectivity index (χ0v) is 13.9. The Morgan fingerprint density at radius 1 is 1.24 bits per heavy atom. The summed E-state index contributed by atoms with van der Waals surface area (Å²) in [6.45, 7) is 1.48. The van der Waals surface area contributed by atoms with Crippen molar-refractivity contribution in [2.75, 3.05) is 13.6 Å². The smallest absolute Gasteiger partial charge is 0.234 e. The summed E-state index contributed by atoms with van der Waals surface area (Å²) in [6.07, 6.45) is 0. The van der Waals surface area contributed by atoms with E-state index in [1.54, 1.807) is 0 Å². The minimum Gasteiger partial charge on any atom is -0.351 e. The van der Waals surface area contributed by atoms with Crippen molar-refractivity contribution < 1.29 is 4.79 Å². The summed E-state index contributed by atoms with van der Waals surface area (Å²) in [5.74, 6) is -0.0277. The van der Waals surface area contributed by atoms with Crippen LogP contribution in [-0.4, -0.2) is 24.4 Å². The average molecular weight is 343 g/mol. The first-order valence-corrected chi connectivity index (χ1v) is 8.04. The van der Waals surface area contributed by atoms with Crippen LogP contribution in [0.25, 0.3) is 0 Å². The molecule has 3 nitrogen and oxygen atoms in total. The van der Waals surface area contributed by atoms with Crippen molar-refractivity contribution in [2.45, 2.75) is 13.1 Å². The number of rotatable bonds is 6. The highest BCUT2D eigenvalue weighted by atomic mass is 35.5. The van der Waals surface area contributed by atoms with Crippen molar-refractivity contribution in [2.24, 2.45) is 0 Å². The molecular weight excluding hydrogens is 327 g/mol. The highest BCUT2D eigenvalue weighted by Gasteiger charge is 2.09. The van der Waals surface area contributed by atoms with Gasteiger partial charge in [-0.05, 0) is 30.8 Å². The molecule has 2 aromatic rings. The van der Waals surface area contributed by atoms with Crippen molar-refractivity contribution in [3.05, 3.63) is 56.2 Å². The minimum absolute atomic E-state index is 0.0277. The van der Waals surface area contributed by atoms with Crippen LogP contribution < -0.4 is 5.32 Å². The number of hydrogen-bond acceptors (Lipinski definition) is 3. The van der Waals surface area contributed by atoms with E-state index >= 15 is 0 Å². The van der Waals surface area contributed by atoms with Crippen molar-refractivity contribution in [1.29, 1.82) is 0 Å². The van der Waals surface area contributed by atoms with E-state index in [2.05, 4.69) is 5.32 Å². The Balaban J connectivity index is 1.77. The summed E-state index contributed by atoms with van der Waals surface area (Å²) in [7, 11) is 1.91. The normalized spacial score (nSPS) is 10.9. The maximum absolute atomic E-state index is 11.9. The fraction of sp³-hybridized carbons (Fsp3) is 0.267. The third-order valence-electron chi connectivity index (χ3n) is 2.90. The quantitative estimate of drug-likeness (QED) is 0.865. The van der Waals surface area contributed by atoms with Gasteiger partial charge in [-0.15, -0.1) is 11.3 Å². The fourth-order valence-electron chi connectivity index (χ4n) is 1.90. The maximum atomic E-state index is 11.9. The Morgan fingerprint density at radius 2 is 2.00 bits per heavy atom. The SMILES string of the molecule is CN(CC(=O)NCc1ccccc1Cl)Cc1ccc(Cl)s1. The molecular formula is C15H16Cl2N2OS. The molecule has 0 radical (unpaired) electrons. The van der Waals surface area contributed by atoms with Gasteiger partial charge in [-0.2, -0.15) is 0 Å². The molecule has 1 N–H and O–H groups in total. The molecule has 0 atom stereocenters. The molecule has 112 valence electrons. The summed E-state index contributed by atoms with van der Waals surface area (Å²) < 4.78 is 0.765. The Kier molecular flexibility index (Phi) is 6.06. The second kappa shape index (κ2) is 7.80. The summed E-state index contributed by atoms with van der Waals surface area (Å²) in [5, 5.41) is 3.54. The van der Waals surface area contributed by atoms with Gasteiger partial charge in [-0.25, -0.2) is 0 Å². The Bertz CT molecular complexity index is 615. The molecule has 21 heavy (non-hydrogen) atoms. The van der Waals surface area contributed by atoms with Crippen LogP contribution in [0.1, 0.15) is 10.4 Å². The van der Waals surface area contributed by atoms with E-state index < -0.39 is 0 Å². The van der Waals surface area contributed by atoms with E-state index in [-0.39, 0.29) is 5.91 Å². The minimum atomic E-state index is -0.0277. The van der Waals surface area contributed by atoms with E-state index in [0.717, 1.165) is 14.8 Å². The summed E-state index contributed by atoms with van der Waals surface area (Å²) in [6, 6.07) is 11.3. The highest BCUT2D eigenvalue weighted by Crippen LogP contribution is 2.22. The lowest BCUT2D eigenvalue weighted by Crippen LogP contribution is -2.34. The summed E-state index contributed by atoms with van der Waals surface area (Å²) >= 11 is 13.5. The number of benzene rings is 1. The number of thiophene rings is 1. The van der Waals surface area contributed by atoms with Gasteiger partial charge in [-0.1, -0.05) is 41.4 Å². The Hall–Kier alpha value is -1.07. The second-order valence-corrected chi connectivity index (χ2v) is 6.95. The first-order chi connectivity index (χ1) is 10.0. The first-order valence-electron chi connectivity index (χ1n) is 6.47. The van der Waals surface area contributed by atoms with Crippen molar-refractivity contribution >= 4 is 40.4 Å². The van der Waals surface area contributed by atoms with E-state index in [1.165, 1.54) is 11.3 Å². The molecule has 0 saturated carbocycles. The van der Waals surface area contributed by atoms with Crippen LogP contribution in [0.15, 0.2) is 36.4 Å². The van der Waals surface area contributed by atoms with E-state index in [9.17, 15) is 4.79 Å². The lowest BCUT2D eigenvalue weighted by molar-refractivity contribution is -0.122. The van der Waals surface area contributed by atoms with Crippen LogP contribution >= 0.6 is 34.5 Å². The lowest BCUT2D eigenvalue weighted by Gasteiger charge is -2.15. The Labute approximate surface area is 138 Å². The molecule has 0 aliphatic rings. The average Bonchev–Trinajstić information content (AvgIpc) is 2.83. The number of halogens is 2. The number of nitrogens with one attached hydrogen (secondary N) is 1. The topological polar surface area (TPSA) is 32.3 Å². The predicted octanol–water partition coefficient (Wildman–Crippen LogP) is 3.80. The second-order valence-electron chi connectivity index (χ2n) is 4.75. The first kappa shape index (κ1) is 16.3. The van der Waals surface area contributed by atoms with Gasteiger partial charge in [0.2, 0.25) is 5.91 Å². The largest absolute Gasteiger partial charge is 0.351 e. The molecule has 1 aromatic heterocycles. The number of carbonyl (C=O) groups is 1. The molecule has 0 spiro atoms. The van der Waals surface area contributed by atoms with E-state index in [1.807, 2.05) is 48.3 Å². The van der Waals surface area contributed by atoms with Crippen molar-refractivity contribution in [3.63, 3.8) is 0 Å². The van der Waals surface area contributed by atoms with Gasteiger partial charge < -0.3 is 5.32 Å². The van der Waals surface area contributed by atoms with Gasteiger partial charge in [0.05, 0.1) is 10.9 Å². The van der Waals surface area contributed by atoms with Gasteiger partial charge in [-0.3, -0.25) is 9.69 Å². The van der Waals surface area contributed by atoms with Crippen LogP contribution in [0, 0.1) is 0 Å². The molecule has 0 bridgehead atoms. The lowest BCUT2D eigenvalue weighted by atomic mass is 10.2. The molecule has 0 saturated heterocycles. The van der Waals surface area contributed by atoms with Crippen LogP contribution in [0.2, 0.25) is 9.36 Å². The van der Waals surface area contributed by atoms with Crippen LogP contribution in [0.3, 0.4) is 0 Å². The van der Waals surface area contributed by atoms with E-state index in [4.69, 9.17) is 23.2 Å². The molecule has 0 fully saturated rings. The molecule has 2 rings (SSSR count). The van der Waals surface area contributed by atoms with Crippen LogP contribution in [0.4, 0.5) is 0 Å². The van der Waals surface area contributed by atoms with Gasteiger partial charge in [0.25, 0.3) is 0 Å². The van der Waals surface area contributed by atoms with Gasteiger partial charge in [0.1, 0.15) is 0 Å². The fourth-order valence-corrected chi connectivity index (χ4v) is 3.27. The van der Waals surface area contributed by atoms with Crippen LogP contribution in [-0.2, 0) is 17.9 Å². The number of likely N-dealkylation sites (N-methyl/N-ethyl adjacent to an activating group) is 1. The zero-order chi connectivity index (χ0) is 15.2. The number of hydrogen-bond donors (Lipinski definition) is 1.